The van der Waals surface area contributed by atoms with E-state index in [2.05, 4.69) is 38.8 Å². The Morgan fingerprint density at radius 2 is 2.09 bits per heavy atom. The van der Waals surface area contributed by atoms with Crippen molar-refractivity contribution in [2.75, 3.05) is 0 Å². The van der Waals surface area contributed by atoms with Gasteiger partial charge in [0.05, 0.1) is 6.10 Å². The molecule has 0 spiro atoms. The fourth-order valence-corrected chi connectivity index (χ4v) is 0.931. The summed E-state index contributed by atoms with van der Waals surface area (Å²) in [5.41, 5.74) is 0. The summed E-state index contributed by atoms with van der Waals surface area (Å²) in [4.78, 5) is 10.9. The summed E-state index contributed by atoms with van der Waals surface area (Å²) in [6.07, 6.45) is 1.97. The van der Waals surface area contributed by atoms with Gasteiger partial charge in [0.1, 0.15) is 0 Å². The Labute approximate surface area is 83.9 Å². The van der Waals surface area contributed by atoms with E-state index in [1.807, 2.05) is 6.92 Å². The third-order valence-electron chi connectivity index (χ3n) is 1.19. The molecule has 0 aliphatic rings. The first-order valence-electron chi connectivity index (χ1n) is 3.56. The van der Waals surface area contributed by atoms with Crippen LogP contribution in [0.25, 0.3) is 0 Å². The maximum absolute atomic E-state index is 10.9. The molecule has 0 aromatic carbocycles. The molecule has 0 fully saturated rings. The number of hydrogen-bond donors (Lipinski definition) is 0. The molecule has 0 aliphatic heterocycles. The molecule has 0 aromatic rings. The second-order valence-corrected chi connectivity index (χ2v) is 5.40. The van der Waals surface area contributed by atoms with E-state index in [1.165, 1.54) is 0 Å². The maximum Gasteiger partial charge on any atom is 0.330 e. The Morgan fingerprint density at radius 1 is 1.55 bits per heavy atom. The van der Waals surface area contributed by atoms with Gasteiger partial charge < -0.3 is 4.74 Å². The van der Waals surface area contributed by atoms with Crippen LogP contribution in [0.5, 0.6) is 0 Å². The normalized spacial score (nSPS) is 13.2. The average Bonchev–Trinajstić information content (AvgIpc) is 1.87. The van der Waals surface area contributed by atoms with Crippen molar-refractivity contribution in [3.05, 3.63) is 0 Å². The zero-order valence-corrected chi connectivity index (χ0v) is 9.81. The molecule has 66 valence electrons. The molecule has 1 atom stereocenters. The largest absolute Gasteiger partial charge is 0.461 e. The third-order valence-corrected chi connectivity index (χ3v) is 1.94. The minimum atomic E-state index is -0.380. The molecule has 0 aliphatic carbocycles. The van der Waals surface area contributed by atoms with Crippen LogP contribution in [-0.4, -0.2) is 15.8 Å². The topological polar surface area (TPSA) is 26.3 Å². The number of carbonyl (C=O) groups excluding carboxylic acids is 1. The fraction of sp³-hybridized carbons (Fsp3) is 0.857. The maximum atomic E-state index is 10.9. The van der Waals surface area contributed by atoms with Crippen LogP contribution in [0.4, 0.5) is 0 Å². The third kappa shape index (κ3) is 5.67. The molecule has 0 bridgehead atoms. The minimum Gasteiger partial charge on any atom is -0.461 e. The molecule has 4 heteroatoms. The number of esters is 1. The van der Waals surface area contributed by atoms with Gasteiger partial charge in [-0.05, 0) is 13.3 Å². The Bertz CT molecular complexity index is 126. The van der Waals surface area contributed by atoms with Crippen molar-refractivity contribution in [1.82, 2.24) is 0 Å². The lowest BCUT2D eigenvalue weighted by Gasteiger charge is -2.12. The van der Waals surface area contributed by atoms with Crippen LogP contribution in [0.2, 0.25) is 0 Å². The van der Waals surface area contributed by atoms with Crippen LogP contribution in [-0.2, 0) is 9.53 Å². The lowest BCUT2D eigenvalue weighted by molar-refractivity contribution is -0.145. The van der Waals surface area contributed by atoms with Crippen molar-refractivity contribution in [3.8, 4) is 0 Å². The van der Waals surface area contributed by atoms with Crippen molar-refractivity contribution >= 4 is 37.8 Å². The van der Waals surface area contributed by atoms with E-state index < -0.39 is 0 Å². The first-order valence-corrected chi connectivity index (χ1v) is 5.39. The number of alkyl halides is 2. The van der Waals surface area contributed by atoms with Crippen molar-refractivity contribution in [2.24, 2.45) is 0 Å². The summed E-state index contributed by atoms with van der Waals surface area (Å²) in [5.74, 6) is -0.258. The second-order valence-electron chi connectivity index (χ2n) is 2.34. The summed E-state index contributed by atoms with van der Waals surface area (Å²) in [6, 6.07) is 0. The Kier molecular flexibility index (Phi) is 6.24. The van der Waals surface area contributed by atoms with E-state index in [0.717, 1.165) is 12.8 Å². The van der Waals surface area contributed by atoms with Gasteiger partial charge in [0.15, 0.2) is 3.74 Å². The van der Waals surface area contributed by atoms with Gasteiger partial charge in [-0.2, -0.15) is 0 Å². The van der Waals surface area contributed by atoms with Gasteiger partial charge in [-0.15, -0.1) is 0 Å². The van der Waals surface area contributed by atoms with Crippen LogP contribution in [0.1, 0.15) is 26.7 Å². The zero-order chi connectivity index (χ0) is 8.85. The molecule has 0 amide bonds. The molecule has 0 rings (SSSR count). The van der Waals surface area contributed by atoms with Gasteiger partial charge in [0, 0.05) is 0 Å². The average molecular weight is 288 g/mol. The van der Waals surface area contributed by atoms with E-state index in [1.54, 1.807) is 0 Å². The van der Waals surface area contributed by atoms with E-state index in [-0.39, 0.29) is 15.8 Å². The van der Waals surface area contributed by atoms with Gasteiger partial charge in [-0.3, -0.25) is 0 Å². The predicted octanol–water partition coefficient (Wildman–Crippen LogP) is 2.83. The van der Waals surface area contributed by atoms with Crippen molar-refractivity contribution < 1.29 is 9.53 Å². The van der Waals surface area contributed by atoms with E-state index in [4.69, 9.17) is 4.74 Å². The highest BCUT2D eigenvalue weighted by atomic mass is 79.9. The standard InChI is InChI=1S/C7H12Br2O2/c1-3-4-5(2)11-7(10)6(8)9/h5-6H,3-4H2,1-2H3. The lowest BCUT2D eigenvalue weighted by Crippen LogP contribution is -2.18. The Morgan fingerprint density at radius 3 is 2.45 bits per heavy atom. The summed E-state index contributed by atoms with van der Waals surface area (Å²) in [7, 11) is 0. The van der Waals surface area contributed by atoms with Crippen LogP contribution < -0.4 is 0 Å². The highest BCUT2D eigenvalue weighted by molar-refractivity contribution is 9.25. The smallest absolute Gasteiger partial charge is 0.330 e. The molecular formula is C7H12Br2O2. The number of carbonyl (C=O) groups is 1. The molecular weight excluding hydrogens is 276 g/mol. The number of rotatable bonds is 4. The first-order chi connectivity index (χ1) is 5.07. The highest BCUT2D eigenvalue weighted by Gasteiger charge is 2.14. The van der Waals surface area contributed by atoms with Crippen molar-refractivity contribution in [3.63, 3.8) is 0 Å². The van der Waals surface area contributed by atoms with Crippen LogP contribution in [0, 0.1) is 0 Å². The molecule has 0 heterocycles. The van der Waals surface area contributed by atoms with Gasteiger partial charge in [-0.25, -0.2) is 4.79 Å². The van der Waals surface area contributed by atoms with E-state index >= 15 is 0 Å². The van der Waals surface area contributed by atoms with Crippen molar-refractivity contribution in [1.29, 1.82) is 0 Å². The molecule has 0 aromatic heterocycles. The monoisotopic (exact) mass is 286 g/mol. The quantitative estimate of drug-likeness (QED) is 0.587. The summed E-state index contributed by atoms with van der Waals surface area (Å²) in [5, 5.41) is 0. The van der Waals surface area contributed by atoms with Gasteiger partial charge in [-0.1, -0.05) is 45.2 Å². The minimum absolute atomic E-state index is 0.0186. The SMILES string of the molecule is CCCC(C)OC(=O)C(Br)Br. The molecule has 2 nitrogen and oxygen atoms in total. The van der Waals surface area contributed by atoms with E-state index in [0.29, 0.717) is 0 Å². The molecule has 0 radical (unpaired) electrons. The summed E-state index contributed by atoms with van der Waals surface area (Å²) in [6.45, 7) is 3.95. The highest BCUT2D eigenvalue weighted by Crippen LogP contribution is 2.12. The van der Waals surface area contributed by atoms with E-state index in [9.17, 15) is 4.79 Å². The molecule has 1 unspecified atom stereocenters. The van der Waals surface area contributed by atoms with Gasteiger partial charge >= 0.3 is 5.97 Å². The number of halogens is 2. The number of ether oxygens (including phenoxy) is 1. The number of hydrogen-bond acceptors (Lipinski definition) is 2. The van der Waals surface area contributed by atoms with Crippen molar-refractivity contribution in [2.45, 2.75) is 36.5 Å². The summed E-state index contributed by atoms with van der Waals surface area (Å²) < 4.78 is 4.64. The van der Waals surface area contributed by atoms with Crippen LogP contribution in [0.15, 0.2) is 0 Å². The van der Waals surface area contributed by atoms with Crippen LogP contribution in [0.3, 0.4) is 0 Å². The second kappa shape index (κ2) is 6.00. The first kappa shape index (κ1) is 11.4. The Hall–Kier alpha value is 0.430. The van der Waals surface area contributed by atoms with Gasteiger partial charge in [0.2, 0.25) is 0 Å². The van der Waals surface area contributed by atoms with Gasteiger partial charge in [0.25, 0.3) is 0 Å². The zero-order valence-electron chi connectivity index (χ0n) is 6.64. The summed E-state index contributed by atoms with van der Waals surface area (Å²) >= 11 is 6.12. The molecule has 11 heavy (non-hydrogen) atoms. The van der Waals surface area contributed by atoms with Crippen LogP contribution >= 0.6 is 31.9 Å². The molecule has 0 saturated heterocycles. The lowest BCUT2D eigenvalue weighted by atomic mass is 10.2. The predicted molar refractivity (Wildman–Crippen MR) is 52.1 cm³/mol. The Balaban J connectivity index is 3.57. The fourth-order valence-electron chi connectivity index (χ4n) is 0.715. The molecule has 0 saturated carbocycles. The molecule has 0 N–H and O–H groups in total.